The number of hydrogen-bond donors (Lipinski definition) is 1. The highest BCUT2D eigenvalue weighted by atomic mass is 16.6. The Bertz CT molecular complexity index is 1150. The van der Waals surface area contributed by atoms with Crippen LogP contribution >= 0.6 is 0 Å². The quantitative estimate of drug-likeness (QED) is 0.352. The van der Waals surface area contributed by atoms with Crippen molar-refractivity contribution in [2.24, 2.45) is 4.99 Å². The first-order valence-electron chi connectivity index (χ1n) is 10.2. The molecule has 8 heteroatoms. The molecule has 3 aromatic carbocycles. The van der Waals surface area contributed by atoms with Gasteiger partial charge in [-0.1, -0.05) is 48.5 Å². The number of nitrogens with zero attached hydrogens (tertiary/aromatic N) is 3. The molecule has 1 aliphatic rings. The third-order valence-electron chi connectivity index (χ3n) is 5.15. The summed E-state index contributed by atoms with van der Waals surface area (Å²) < 4.78 is 5.64. The zero-order valence-electron chi connectivity index (χ0n) is 17.5. The van der Waals surface area contributed by atoms with Crippen molar-refractivity contribution in [3.05, 3.63) is 100 Å². The Hall–Kier alpha value is -4.04. The van der Waals surface area contributed by atoms with Crippen LogP contribution in [0.3, 0.4) is 0 Å². The van der Waals surface area contributed by atoms with Crippen LogP contribution in [0.5, 0.6) is 5.75 Å². The fourth-order valence-electron chi connectivity index (χ4n) is 3.51. The van der Waals surface area contributed by atoms with Crippen LogP contribution in [-0.2, 0) is 4.79 Å². The molecular weight excluding hydrogens is 408 g/mol. The molecule has 1 N–H and O–H groups in total. The summed E-state index contributed by atoms with van der Waals surface area (Å²) in [6.07, 6.45) is -0.775. The molecule has 8 nitrogen and oxygen atoms in total. The number of amides is 1. The van der Waals surface area contributed by atoms with E-state index in [2.05, 4.69) is 5.32 Å². The molecule has 0 radical (unpaired) electrons. The van der Waals surface area contributed by atoms with Crippen LogP contribution in [0.4, 0.5) is 11.4 Å². The molecule has 0 aliphatic carbocycles. The van der Waals surface area contributed by atoms with Crippen molar-refractivity contribution in [3.63, 3.8) is 0 Å². The van der Waals surface area contributed by atoms with Gasteiger partial charge in [0.2, 0.25) is 0 Å². The molecule has 0 bridgehead atoms. The first-order chi connectivity index (χ1) is 15.5. The molecule has 162 valence electrons. The average molecular weight is 430 g/mol. The first-order valence-corrected chi connectivity index (χ1v) is 10.2. The Morgan fingerprint density at radius 1 is 1.03 bits per heavy atom. The van der Waals surface area contributed by atoms with Gasteiger partial charge in [-0.25, -0.2) is 0 Å². The number of hydrogen-bond acceptors (Lipinski definition) is 6. The largest absolute Gasteiger partial charge is 0.492 e. The molecule has 0 spiro atoms. The van der Waals surface area contributed by atoms with Gasteiger partial charge in [-0.05, 0) is 18.2 Å². The number of anilines is 1. The Kier molecular flexibility index (Phi) is 6.23. The fourth-order valence-corrected chi connectivity index (χ4v) is 3.51. The fraction of sp³-hybridized carbons (Fsp3) is 0.167. The molecule has 3 aromatic rings. The minimum absolute atomic E-state index is 0.00455. The van der Waals surface area contributed by atoms with Crippen LogP contribution in [0.15, 0.2) is 83.9 Å². The number of benzodiazepines with no additional fused rings is 1. The maximum absolute atomic E-state index is 13.1. The van der Waals surface area contributed by atoms with Gasteiger partial charge in [0.15, 0.2) is 6.17 Å². The van der Waals surface area contributed by atoms with Gasteiger partial charge in [-0.2, -0.15) is 0 Å². The number of benzene rings is 3. The van der Waals surface area contributed by atoms with Gasteiger partial charge in [0, 0.05) is 36.9 Å². The van der Waals surface area contributed by atoms with E-state index >= 15 is 0 Å². The lowest BCUT2D eigenvalue weighted by atomic mass is 10.0. The number of non-ortho nitro benzene ring substituents is 1. The molecule has 1 amide bonds. The molecule has 4 rings (SSSR count). The van der Waals surface area contributed by atoms with Crippen LogP contribution in [-0.4, -0.2) is 42.9 Å². The third-order valence-corrected chi connectivity index (χ3v) is 5.15. The summed E-state index contributed by atoms with van der Waals surface area (Å²) in [4.78, 5) is 29.8. The number of fused-ring (bicyclic) bond motifs is 1. The van der Waals surface area contributed by atoms with Crippen molar-refractivity contribution in [3.8, 4) is 5.75 Å². The number of nitro benzene ring substituents is 1. The highest BCUT2D eigenvalue weighted by molar-refractivity contribution is 6.19. The Morgan fingerprint density at radius 2 is 1.72 bits per heavy atom. The van der Waals surface area contributed by atoms with E-state index in [1.807, 2.05) is 54.6 Å². The van der Waals surface area contributed by atoms with E-state index in [0.717, 1.165) is 22.5 Å². The SMILES string of the molecule is CN1C(=O)C(NCCOc2ccc([N+](=O)[O-])cc2)N=C(c2ccccc2)c2ccccc21. The minimum atomic E-state index is -0.775. The number of nitro groups is 1. The summed E-state index contributed by atoms with van der Waals surface area (Å²) in [5.74, 6) is 0.348. The number of likely N-dealkylation sites (N-methyl/N-ethyl adjacent to an activating group) is 1. The van der Waals surface area contributed by atoms with Gasteiger partial charge in [0.1, 0.15) is 12.4 Å². The molecule has 1 heterocycles. The van der Waals surface area contributed by atoms with Crippen molar-refractivity contribution in [1.82, 2.24) is 5.32 Å². The molecular formula is C24H22N4O4. The van der Waals surface area contributed by atoms with E-state index in [0.29, 0.717) is 12.3 Å². The van der Waals surface area contributed by atoms with Crippen LogP contribution in [0.25, 0.3) is 0 Å². The maximum Gasteiger partial charge on any atom is 0.269 e. The summed E-state index contributed by atoms with van der Waals surface area (Å²) >= 11 is 0. The third kappa shape index (κ3) is 4.50. The Labute approximate surface area is 185 Å². The van der Waals surface area contributed by atoms with Crippen molar-refractivity contribution < 1.29 is 14.5 Å². The summed E-state index contributed by atoms with van der Waals surface area (Å²) in [6, 6.07) is 23.3. The van der Waals surface area contributed by atoms with Gasteiger partial charge in [0.25, 0.3) is 11.6 Å². The van der Waals surface area contributed by atoms with E-state index in [4.69, 9.17) is 9.73 Å². The van der Waals surface area contributed by atoms with Crippen molar-refractivity contribution in [2.75, 3.05) is 25.1 Å². The zero-order valence-corrected chi connectivity index (χ0v) is 17.5. The summed E-state index contributed by atoms with van der Waals surface area (Å²) in [7, 11) is 1.74. The van der Waals surface area contributed by atoms with E-state index in [1.54, 1.807) is 24.1 Å². The van der Waals surface area contributed by atoms with Gasteiger partial charge >= 0.3 is 0 Å². The number of rotatable bonds is 7. The second-order valence-corrected chi connectivity index (χ2v) is 7.21. The van der Waals surface area contributed by atoms with Crippen LogP contribution < -0.4 is 15.0 Å². The zero-order chi connectivity index (χ0) is 22.5. The van der Waals surface area contributed by atoms with Crippen molar-refractivity contribution in [1.29, 1.82) is 0 Å². The number of nitrogens with one attached hydrogen (secondary N) is 1. The Balaban J connectivity index is 1.50. The molecule has 1 atom stereocenters. The predicted molar refractivity (Wildman–Crippen MR) is 122 cm³/mol. The second kappa shape index (κ2) is 9.40. The number of ether oxygens (including phenoxy) is 1. The van der Waals surface area contributed by atoms with Gasteiger partial charge in [-0.3, -0.25) is 25.2 Å². The number of carbonyl (C=O) groups excluding carboxylic acids is 1. The van der Waals surface area contributed by atoms with E-state index in [9.17, 15) is 14.9 Å². The number of aliphatic imine (C=N–C) groups is 1. The highest BCUT2D eigenvalue weighted by Crippen LogP contribution is 2.27. The van der Waals surface area contributed by atoms with Crippen LogP contribution in [0.1, 0.15) is 11.1 Å². The average Bonchev–Trinajstić information content (AvgIpc) is 2.93. The molecule has 1 aliphatic heterocycles. The van der Waals surface area contributed by atoms with Gasteiger partial charge in [0.05, 0.1) is 16.3 Å². The lowest BCUT2D eigenvalue weighted by molar-refractivity contribution is -0.384. The smallest absolute Gasteiger partial charge is 0.269 e. The van der Waals surface area contributed by atoms with Crippen molar-refractivity contribution in [2.45, 2.75) is 6.17 Å². The van der Waals surface area contributed by atoms with E-state index in [-0.39, 0.29) is 18.2 Å². The van der Waals surface area contributed by atoms with Crippen LogP contribution in [0.2, 0.25) is 0 Å². The summed E-state index contributed by atoms with van der Waals surface area (Å²) in [5.41, 5.74) is 3.36. The predicted octanol–water partition coefficient (Wildman–Crippen LogP) is 3.40. The lowest BCUT2D eigenvalue weighted by Gasteiger charge is -2.21. The van der Waals surface area contributed by atoms with Crippen LogP contribution in [0, 0.1) is 10.1 Å². The molecule has 0 saturated carbocycles. The second-order valence-electron chi connectivity index (χ2n) is 7.21. The summed E-state index contributed by atoms with van der Waals surface area (Å²) in [5, 5.41) is 13.9. The van der Waals surface area contributed by atoms with E-state index < -0.39 is 11.1 Å². The highest BCUT2D eigenvalue weighted by Gasteiger charge is 2.29. The first kappa shape index (κ1) is 21.2. The van der Waals surface area contributed by atoms with Crippen molar-refractivity contribution >= 4 is 23.0 Å². The normalized spacial score (nSPS) is 15.5. The molecule has 0 aromatic heterocycles. The monoisotopic (exact) mass is 430 g/mol. The number of para-hydroxylation sites is 1. The molecule has 0 fully saturated rings. The summed E-state index contributed by atoms with van der Waals surface area (Å²) in [6.45, 7) is 0.637. The Morgan fingerprint density at radius 3 is 2.44 bits per heavy atom. The lowest BCUT2D eigenvalue weighted by Crippen LogP contribution is -2.44. The molecule has 32 heavy (non-hydrogen) atoms. The molecule has 0 saturated heterocycles. The topological polar surface area (TPSA) is 97.1 Å². The molecule has 1 unspecified atom stereocenters. The maximum atomic E-state index is 13.1. The number of carbonyl (C=O) groups is 1. The standard InChI is InChI=1S/C24H22N4O4/c1-27-21-10-6-5-9-20(21)22(17-7-3-2-4-8-17)26-23(24(27)29)25-15-16-32-19-13-11-18(12-14-19)28(30)31/h2-14,23,25H,15-16H2,1H3. The van der Waals surface area contributed by atoms with Gasteiger partial charge in [-0.15, -0.1) is 0 Å². The van der Waals surface area contributed by atoms with E-state index in [1.165, 1.54) is 12.1 Å². The van der Waals surface area contributed by atoms with Gasteiger partial charge < -0.3 is 9.64 Å². The minimum Gasteiger partial charge on any atom is -0.492 e.